The fourth-order valence-electron chi connectivity index (χ4n) is 3.46. The highest BCUT2D eigenvalue weighted by molar-refractivity contribution is 4.91. The third-order valence-electron chi connectivity index (χ3n) is 5.01. The summed E-state index contributed by atoms with van der Waals surface area (Å²) in [5.74, 6) is 1.01. The lowest BCUT2D eigenvalue weighted by Crippen LogP contribution is -2.46. The summed E-state index contributed by atoms with van der Waals surface area (Å²) in [4.78, 5) is 2.77. The molecule has 0 bridgehead atoms. The normalized spacial score (nSPS) is 22.9. The zero-order valence-corrected chi connectivity index (χ0v) is 13.5. The molecule has 0 aromatic heterocycles. The molecule has 112 valence electrons. The molecule has 0 saturated heterocycles. The summed E-state index contributed by atoms with van der Waals surface area (Å²) in [6.07, 6.45) is 8.69. The molecule has 2 saturated carbocycles. The van der Waals surface area contributed by atoms with Crippen molar-refractivity contribution in [2.75, 3.05) is 19.6 Å². The van der Waals surface area contributed by atoms with Crippen molar-refractivity contribution >= 4 is 0 Å². The first kappa shape index (κ1) is 15.3. The van der Waals surface area contributed by atoms with Crippen LogP contribution in [-0.2, 0) is 0 Å². The number of hydrogen-bond donors (Lipinski definition) is 1. The molecular weight excluding hydrogens is 232 g/mol. The second-order valence-corrected chi connectivity index (χ2v) is 7.71. The summed E-state index contributed by atoms with van der Waals surface area (Å²) in [6, 6.07) is 1.32. The molecule has 0 spiro atoms. The van der Waals surface area contributed by atoms with Crippen LogP contribution in [0.2, 0.25) is 0 Å². The third-order valence-corrected chi connectivity index (χ3v) is 5.01. The maximum absolute atomic E-state index is 3.71. The molecule has 0 aromatic rings. The summed E-state index contributed by atoms with van der Waals surface area (Å²) in [6.45, 7) is 13.2. The first-order valence-corrected chi connectivity index (χ1v) is 8.48. The number of rotatable bonds is 8. The minimum absolute atomic E-state index is 0.559. The highest BCUT2D eigenvalue weighted by Crippen LogP contribution is 2.40. The molecule has 2 nitrogen and oxygen atoms in total. The maximum atomic E-state index is 3.71. The zero-order valence-electron chi connectivity index (χ0n) is 13.5. The van der Waals surface area contributed by atoms with Gasteiger partial charge in [0.2, 0.25) is 0 Å². The van der Waals surface area contributed by atoms with Crippen molar-refractivity contribution in [2.45, 2.75) is 78.3 Å². The van der Waals surface area contributed by atoms with Gasteiger partial charge in [0.15, 0.2) is 0 Å². The SMILES string of the molecule is CC(C)NCC1(CN(CC2CC2)C(C)C)CCCC1. The predicted molar refractivity (Wildman–Crippen MR) is 83.5 cm³/mol. The Labute approximate surface area is 120 Å². The monoisotopic (exact) mass is 266 g/mol. The Morgan fingerprint density at radius 3 is 2.21 bits per heavy atom. The van der Waals surface area contributed by atoms with Crippen molar-refractivity contribution in [3.05, 3.63) is 0 Å². The van der Waals surface area contributed by atoms with Crippen LogP contribution >= 0.6 is 0 Å². The van der Waals surface area contributed by atoms with Gasteiger partial charge in [-0.2, -0.15) is 0 Å². The second kappa shape index (κ2) is 6.58. The molecule has 2 rings (SSSR count). The Bertz CT molecular complexity index is 262. The lowest BCUT2D eigenvalue weighted by atomic mass is 9.84. The molecule has 0 amide bonds. The summed E-state index contributed by atoms with van der Waals surface area (Å²) in [7, 11) is 0. The van der Waals surface area contributed by atoms with Crippen LogP contribution < -0.4 is 5.32 Å². The molecule has 2 fully saturated rings. The first-order valence-electron chi connectivity index (χ1n) is 8.48. The van der Waals surface area contributed by atoms with E-state index in [1.54, 1.807) is 0 Å². The average molecular weight is 266 g/mol. The minimum Gasteiger partial charge on any atom is -0.314 e. The van der Waals surface area contributed by atoms with Gasteiger partial charge in [0.25, 0.3) is 0 Å². The van der Waals surface area contributed by atoms with Gasteiger partial charge in [0.05, 0.1) is 0 Å². The van der Waals surface area contributed by atoms with Crippen molar-refractivity contribution in [3.8, 4) is 0 Å². The summed E-state index contributed by atoms with van der Waals surface area (Å²) in [5, 5.41) is 3.71. The van der Waals surface area contributed by atoms with E-state index in [2.05, 4.69) is 37.9 Å². The summed E-state index contributed by atoms with van der Waals surface area (Å²) < 4.78 is 0. The molecule has 0 unspecified atom stereocenters. The Balaban J connectivity index is 1.92. The van der Waals surface area contributed by atoms with Crippen molar-refractivity contribution in [1.82, 2.24) is 10.2 Å². The van der Waals surface area contributed by atoms with E-state index in [9.17, 15) is 0 Å². The molecule has 0 radical (unpaired) electrons. The Morgan fingerprint density at radius 2 is 1.74 bits per heavy atom. The Morgan fingerprint density at radius 1 is 1.11 bits per heavy atom. The van der Waals surface area contributed by atoms with E-state index in [4.69, 9.17) is 0 Å². The smallest absolute Gasteiger partial charge is 0.00530 e. The Hall–Kier alpha value is -0.0800. The molecule has 19 heavy (non-hydrogen) atoms. The lowest BCUT2D eigenvalue weighted by Gasteiger charge is -2.38. The van der Waals surface area contributed by atoms with Crippen LogP contribution in [-0.4, -0.2) is 36.6 Å². The van der Waals surface area contributed by atoms with E-state index >= 15 is 0 Å². The van der Waals surface area contributed by atoms with Crippen LogP contribution in [0.1, 0.15) is 66.2 Å². The fraction of sp³-hybridized carbons (Fsp3) is 1.00. The summed E-state index contributed by atoms with van der Waals surface area (Å²) in [5.41, 5.74) is 0.559. The first-order chi connectivity index (χ1) is 9.01. The van der Waals surface area contributed by atoms with E-state index < -0.39 is 0 Å². The molecule has 1 N–H and O–H groups in total. The Kier molecular flexibility index (Phi) is 5.30. The van der Waals surface area contributed by atoms with Gasteiger partial charge in [-0.1, -0.05) is 26.7 Å². The third kappa shape index (κ3) is 4.75. The van der Waals surface area contributed by atoms with Gasteiger partial charge in [-0.25, -0.2) is 0 Å². The van der Waals surface area contributed by atoms with Gasteiger partial charge in [-0.05, 0) is 50.9 Å². The van der Waals surface area contributed by atoms with E-state index in [0.29, 0.717) is 17.5 Å². The predicted octanol–water partition coefficient (Wildman–Crippen LogP) is 3.67. The van der Waals surface area contributed by atoms with E-state index in [1.165, 1.54) is 58.2 Å². The van der Waals surface area contributed by atoms with Gasteiger partial charge >= 0.3 is 0 Å². The standard InChI is InChI=1S/C17H34N2/c1-14(2)18-12-17(9-5-6-10-17)13-19(15(3)4)11-16-7-8-16/h14-16,18H,5-13H2,1-4H3. The van der Waals surface area contributed by atoms with Crippen LogP contribution in [0.5, 0.6) is 0 Å². The van der Waals surface area contributed by atoms with E-state index in [0.717, 1.165) is 5.92 Å². The van der Waals surface area contributed by atoms with Gasteiger partial charge < -0.3 is 10.2 Å². The molecule has 2 aliphatic rings. The maximum Gasteiger partial charge on any atom is 0.00530 e. The highest BCUT2D eigenvalue weighted by Gasteiger charge is 2.37. The van der Waals surface area contributed by atoms with Gasteiger partial charge in [-0.3, -0.25) is 0 Å². The minimum atomic E-state index is 0.559. The van der Waals surface area contributed by atoms with Crippen molar-refractivity contribution in [1.29, 1.82) is 0 Å². The summed E-state index contributed by atoms with van der Waals surface area (Å²) >= 11 is 0. The van der Waals surface area contributed by atoms with Crippen LogP contribution in [0.15, 0.2) is 0 Å². The lowest BCUT2D eigenvalue weighted by molar-refractivity contribution is 0.115. The molecule has 0 aliphatic heterocycles. The van der Waals surface area contributed by atoms with Crippen LogP contribution in [0.3, 0.4) is 0 Å². The molecule has 2 aliphatic carbocycles. The molecule has 0 aromatic carbocycles. The van der Waals surface area contributed by atoms with Crippen LogP contribution in [0, 0.1) is 11.3 Å². The molecule has 0 atom stereocenters. The quantitative estimate of drug-likeness (QED) is 0.721. The van der Waals surface area contributed by atoms with Crippen molar-refractivity contribution in [2.24, 2.45) is 11.3 Å². The van der Waals surface area contributed by atoms with Gasteiger partial charge in [-0.15, -0.1) is 0 Å². The topological polar surface area (TPSA) is 15.3 Å². The van der Waals surface area contributed by atoms with E-state index in [-0.39, 0.29) is 0 Å². The number of nitrogens with one attached hydrogen (secondary N) is 1. The van der Waals surface area contributed by atoms with Crippen LogP contribution in [0.4, 0.5) is 0 Å². The number of hydrogen-bond acceptors (Lipinski definition) is 2. The molecule has 0 heterocycles. The van der Waals surface area contributed by atoms with Crippen molar-refractivity contribution < 1.29 is 0 Å². The van der Waals surface area contributed by atoms with E-state index in [1.807, 2.05) is 0 Å². The molecular formula is C17H34N2. The van der Waals surface area contributed by atoms with Crippen molar-refractivity contribution in [3.63, 3.8) is 0 Å². The fourth-order valence-corrected chi connectivity index (χ4v) is 3.46. The highest BCUT2D eigenvalue weighted by atomic mass is 15.2. The largest absolute Gasteiger partial charge is 0.314 e. The molecule has 2 heteroatoms. The van der Waals surface area contributed by atoms with Crippen LogP contribution in [0.25, 0.3) is 0 Å². The zero-order chi connectivity index (χ0) is 13.9. The van der Waals surface area contributed by atoms with Gasteiger partial charge in [0, 0.05) is 31.7 Å². The number of nitrogens with zero attached hydrogens (tertiary/aromatic N) is 1. The van der Waals surface area contributed by atoms with Gasteiger partial charge in [0.1, 0.15) is 0 Å². The second-order valence-electron chi connectivity index (χ2n) is 7.71. The average Bonchev–Trinajstić information content (AvgIpc) is 3.04.